The van der Waals surface area contributed by atoms with Crippen LogP contribution >= 0.6 is 11.8 Å². The van der Waals surface area contributed by atoms with Crippen LogP contribution in [0, 0.1) is 0 Å². The highest BCUT2D eigenvalue weighted by atomic mass is 32.2. The molecule has 3 rings (SSSR count). The first-order chi connectivity index (χ1) is 13.7. The summed E-state index contributed by atoms with van der Waals surface area (Å²) in [6.07, 6.45) is 3.04. The van der Waals surface area contributed by atoms with E-state index in [-0.39, 0.29) is 5.97 Å². The van der Waals surface area contributed by atoms with Crippen molar-refractivity contribution in [3.63, 3.8) is 0 Å². The number of thioether (sulfide) groups is 1. The fourth-order valence-corrected chi connectivity index (χ4v) is 3.52. The topological polar surface area (TPSA) is 35.5 Å². The normalized spacial score (nSPS) is 10.5. The second-order valence-electron chi connectivity index (χ2n) is 6.35. The molecule has 3 aromatic carbocycles. The molecule has 0 saturated carbocycles. The van der Waals surface area contributed by atoms with Crippen LogP contribution in [0.15, 0.2) is 71.6 Å². The van der Waals surface area contributed by atoms with Crippen molar-refractivity contribution in [3.8, 4) is 16.9 Å². The van der Waals surface area contributed by atoms with Crippen LogP contribution in [0.1, 0.15) is 28.4 Å². The second kappa shape index (κ2) is 9.47. The maximum atomic E-state index is 11.6. The first kappa shape index (κ1) is 20.0. The molecule has 0 aliphatic rings. The smallest absolute Gasteiger partial charge is 0.337 e. The Morgan fingerprint density at radius 1 is 0.964 bits per heavy atom. The number of benzene rings is 3. The fraction of sp³-hybridized carbons (Fsp3) is 0.208. The van der Waals surface area contributed by atoms with Crippen LogP contribution in [0.3, 0.4) is 0 Å². The molecule has 144 valence electrons. The summed E-state index contributed by atoms with van der Waals surface area (Å²) < 4.78 is 10.9. The van der Waals surface area contributed by atoms with Crippen molar-refractivity contribution in [1.82, 2.24) is 0 Å². The van der Waals surface area contributed by atoms with E-state index in [1.54, 1.807) is 23.9 Å². The zero-order chi connectivity index (χ0) is 19.9. The number of hydrogen-bond donors (Lipinski definition) is 0. The van der Waals surface area contributed by atoms with Crippen molar-refractivity contribution in [2.75, 3.05) is 13.4 Å². The van der Waals surface area contributed by atoms with Crippen molar-refractivity contribution in [2.24, 2.45) is 0 Å². The Balaban J connectivity index is 1.87. The van der Waals surface area contributed by atoms with Crippen molar-refractivity contribution in [2.45, 2.75) is 24.8 Å². The van der Waals surface area contributed by atoms with Gasteiger partial charge in [0, 0.05) is 10.5 Å². The fourth-order valence-electron chi connectivity index (χ4n) is 3.08. The van der Waals surface area contributed by atoms with Gasteiger partial charge in [-0.05, 0) is 59.7 Å². The van der Waals surface area contributed by atoms with E-state index >= 15 is 0 Å². The molecule has 0 unspecified atom stereocenters. The molecular formula is C24H24O3S. The maximum absolute atomic E-state index is 11.6. The summed E-state index contributed by atoms with van der Waals surface area (Å²) in [5, 5.41) is 0. The number of methoxy groups -OCH3 is 1. The molecule has 4 heteroatoms. The van der Waals surface area contributed by atoms with Gasteiger partial charge in [-0.1, -0.05) is 43.3 Å². The van der Waals surface area contributed by atoms with Crippen LogP contribution in [0.5, 0.6) is 5.75 Å². The third-order valence-electron chi connectivity index (χ3n) is 4.64. The monoisotopic (exact) mass is 392 g/mol. The zero-order valence-electron chi connectivity index (χ0n) is 16.4. The molecule has 0 atom stereocenters. The highest BCUT2D eigenvalue weighted by molar-refractivity contribution is 7.98. The Bertz CT molecular complexity index is 948. The number of esters is 1. The molecule has 0 fully saturated rings. The molecule has 3 aromatic rings. The van der Waals surface area contributed by atoms with Gasteiger partial charge in [-0.15, -0.1) is 11.8 Å². The molecule has 0 heterocycles. The molecule has 28 heavy (non-hydrogen) atoms. The van der Waals surface area contributed by atoms with Gasteiger partial charge >= 0.3 is 5.97 Å². The van der Waals surface area contributed by atoms with E-state index in [1.165, 1.54) is 23.1 Å². The Morgan fingerprint density at radius 3 is 2.39 bits per heavy atom. The summed E-state index contributed by atoms with van der Waals surface area (Å²) in [4.78, 5) is 12.8. The average molecular weight is 393 g/mol. The molecule has 0 bridgehead atoms. The van der Waals surface area contributed by atoms with Crippen LogP contribution in [-0.4, -0.2) is 19.3 Å². The van der Waals surface area contributed by atoms with E-state index in [2.05, 4.69) is 49.6 Å². The van der Waals surface area contributed by atoms with Gasteiger partial charge in [-0.2, -0.15) is 0 Å². The van der Waals surface area contributed by atoms with Gasteiger partial charge in [0.05, 0.1) is 12.7 Å². The SMILES string of the molecule is CCc1ccccc1-c1cc(SC)ccc1OCc1ccc(C(=O)OC)cc1. The van der Waals surface area contributed by atoms with E-state index in [0.29, 0.717) is 12.2 Å². The number of carbonyl (C=O) groups is 1. The van der Waals surface area contributed by atoms with Crippen LogP contribution < -0.4 is 4.74 Å². The summed E-state index contributed by atoms with van der Waals surface area (Å²) in [5.41, 5.74) is 5.14. The Hall–Kier alpha value is -2.72. The van der Waals surface area contributed by atoms with E-state index in [1.807, 2.05) is 18.2 Å². The highest BCUT2D eigenvalue weighted by Crippen LogP contribution is 2.36. The van der Waals surface area contributed by atoms with Gasteiger partial charge < -0.3 is 9.47 Å². The van der Waals surface area contributed by atoms with E-state index in [4.69, 9.17) is 9.47 Å². The lowest BCUT2D eigenvalue weighted by Crippen LogP contribution is -2.02. The molecule has 0 N–H and O–H groups in total. The lowest BCUT2D eigenvalue weighted by atomic mass is 9.97. The molecule has 3 nitrogen and oxygen atoms in total. The maximum Gasteiger partial charge on any atom is 0.337 e. The standard InChI is InChI=1S/C24H24O3S/c1-4-18-7-5-6-8-21(18)22-15-20(28-3)13-14-23(22)27-16-17-9-11-19(12-10-17)24(25)26-2/h5-15H,4,16H2,1-3H3. The molecule has 0 aliphatic carbocycles. The summed E-state index contributed by atoms with van der Waals surface area (Å²) in [5.74, 6) is 0.523. The minimum Gasteiger partial charge on any atom is -0.488 e. The minimum atomic E-state index is -0.335. The lowest BCUT2D eigenvalue weighted by Gasteiger charge is -2.15. The third kappa shape index (κ3) is 4.57. The summed E-state index contributed by atoms with van der Waals surface area (Å²) in [6.45, 7) is 2.60. The number of rotatable bonds is 7. The van der Waals surface area contributed by atoms with Crippen molar-refractivity contribution >= 4 is 17.7 Å². The van der Waals surface area contributed by atoms with Gasteiger partial charge in [0.2, 0.25) is 0 Å². The van der Waals surface area contributed by atoms with Crippen LogP contribution in [-0.2, 0) is 17.8 Å². The number of carbonyl (C=O) groups excluding carboxylic acids is 1. The first-order valence-corrected chi connectivity index (χ1v) is 10.4. The van der Waals surface area contributed by atoms with Crippen molar-refractivity contribution in [1.29, 1.82) is 0 Å². The van der Waals surface area contributed by atoms with E-state index in [0.717, 1.165) is 23.3 Å². The third-order valence-corrected chi connectivity index (χ3v) is 5.37. The summed E-state index contributed by atoms with van der Waals surface area (Å²) >= 11 is 1.72. The molecule has 0 spiro atoms. The number of hydrogen-bond acceptors (Lipinski definition) is 4. The van der Waals surface area contributed by atoms with Gasteiger partial charge in [0.1, 0.15) is 12.4 Å². The van der Waals surface area contributed by atoms with Crippen LogP contribution in [0.25, 0.3) is 11.1 Å². The van der Waals surface area contributed by atoms with Gasteiger partial charge in [0.15, 0.2) is 0 Å². The molecule has 0 saturated heterocycles. The van der Waals surface area contributed by atoms with Gasteiger partial charge in [-0.3, -0.25) is 0 Å². The molecule has 0 aromatic heterocycles. The predicted octanol–water partition coefficient (Wildman–Crippen LogP) is 6.00. The quantitative estimate of drug-likeness (QED) is 0.365. The van der Waals surface area contributed by atoms with Crippen LogP contribution in [0.2, 0.25) is 0 Å². The molecule has 0 radical (unpaired) electrons. The van der Waals surface area contributed by atoms with Crippen molar-refractivity contribution in [3.05, 3.63) is 83.4 Å². The largest absolute Gasteiger partial charge is 0.488 e. The predicted molar refractivity (Wildman–Crippen MR) is 115 cm³/mol. The average Bonchev–Trinajstić information content (AvgIpc) is 2.77. The van der Waals surface area contributed by atoms with E-state index in [9.17, 15) is 4.79 Å². The minimum absolute atomic E-state index is 0.335. The molecular weight excluding hydrogens is 368 g/mol. The lowest BCUT2D eigenvalue weighted by molar-refractivity contribution is 0.0600. The molecule has 0 amide bonds. The number of ether oxygens (including phenoxy) is 2. The Morgan fingerprint density at radius 2 is 1.71 bits per heavy atom. The Labute approximate surface area is 170 Å². The number of aryl methyl sites for hydroxylation is 1. The van der Waals surface area contributed by atoms with Crippen LogP contribution in [0.4, 0.5) is 0 Å². The van der Waals surface area contributed by atoms with Gasteiger partial charge in [-0.25, -0.2) is 4.79 Å². The van der Waals surface area contributed by atoms with Crippen molar-refractivity contribution < 1.29 is 14.3 Å². The zero-order valence-corrected chi connectivity index (χ0v) is 17.2. The summed E-state index contributed by atoms with van der Waals surface area (Å²) in [6, 6.07) is 22.1. The second-order valence-corrected chi connectivity index (χ2v) is 7.23. The molecule has 0 aliphatic heterocycles. The van der Waals surface area contributed by atoms with E-state index < -0.39 is 0 Å². The summed E-state index contributed by atoms with van der Waals surface area (Å²) in [7, 11) is 1.38. The Kier molecular flexibility index (Phi) is 6.77. The first-order valence-electron chi connectivity index (χ1n) is 9.22. The highest BCUT2D eigenvalue weighted by Gasteiger charge is 2.12. The van der Waals surface area contributed by atoms with Gasteiger partial charge in [0.25, 0.3) is 0 Å².